The molecule has 0 unspecified atom stereocenters. The molecule has 6 nitrogen and oxygen atoms in total. The summed E-state index contributed by atoms with van der Waals surface area (Å²) in [6.07, 6.45) is 1.70. The molecule has 1 fully saturated rings. The fraction of sp³-hybridized carbons (Fsp3) is 0.846. The van der Waals surface area contributed by atoms with E-state index in [1.54, 1.807) is 0 Å². The summed E-state index contributed by atoms with van der Waals surface area (Å²) < 4.78 is 0. The monoisotopic (exact) mass is 270 g/mol. The Labute approximate surface area is 114 Å². The normalized spacial score (nSPS) is 21.9. The average molecular weight is 270 g/mol. The van der Waals surface area contributed by atoms with Crippen molar-refractivity contribution in [2.45, 2.75) is 70.5 Å². The van der Waals surface area contributed by atoms with Gasteiger partial charge in [-0.3, -0.25) is 14.6 Å². The lowest BCUT2D eigenvalue weighted by molar-refractivity contribution is -0.137. The standard InChI is InChI=1S/C13H26N4O2/c1-12(2)7-9(8-13(3,4)16-12)17(15)11(19)6-5-10(14)18/h9,16H,5-8,15H2,1-4H3,(H2,14,18). The molecule has 5 N–H and O–H groups in total. The number of hydrogen-bond acceptors (Lipinski definition) is 4. The first-order valence-electron chi connectivity index (χ1n) is 6.67. The second kappa shape index (κ2) is 5.46. The quantitative estimate of drug-likeness (QED) is 0.387. The van der Waals surface area contributed by atoms with Gasteiger partial charge in [-0.2, -0.15) is 0 Å². The predicted molar refractivity (Wildman–Crippen MR) is 73.8 cm³/mol. The fourth-order valence-corrected chi connectivity index (χ4v) is 3.03. The first kappa shape index (κ1) is 15.9. The van der Waals surface area contributed by atoms with Crippen LogP contribution >= 0.6 is 0 Å². The fourth-order valence-electron chi connectivity index (χ4n) is 3.03. The van der Waals surface area contributed by atoms with Gasteiger partial charge in [0, 0.05) is 23.9 Å². The minimum absolute atomic E-state index is 0.0216. The van der Waals surface area contributed by atoms with E-state index in [0.717, 1.165) is 12.8 Å². The van der Waals surface area contributed by atoms with E-state index >= 15 is 0 Å². The molecule has 110 valence electrons. The number of nitrogens with zero attached hydrogens (tertiary/aromatic N) is 1. The van der Waals surface area contributed by atoms with Crippen molar-refractivity contribution in [1.29, 1.82) is 0 Å². The van der Waals surface area contributed by atoms with Gasteiger partial charge in [-0.15, -0.1) is 0 Å². The first-order chi connectivity index (χ1) is 8.52. The van der Waals surface area contributed by atoms with Crippen molar-refractivity contribution in [3.63, 3.8) is 0 Å². The zero-order chi connectivity index (χ0) is 14.8. The van der Waals surface area contributed by atoms with Crippen molar-refractivity contribution >= 4 is 11.8 Å². The van der Waals surface area contributed by atoms with Crippen molar-refractivity contribution in [3.8, 4) is 0 Å². The maximum atomic E-state index is 11.9. The third-order valence-electron chi connectivity index (χ3n) is 3.44. The van der Waals surface area contributed by atoms with E-state index in [-0.39, 0.29) is 35.9 Å². The van der Waals surface area contributed by atoms with E-state index in [0.29, 0.717) is 0 Å². The van der Waals surface area contributed by atoms with Crippen LogP contribution < -0.4 is 16.9 Å². The second-order valence-corrected chi connectivity index (χ2v) is 6.72. The highest BCUT2D eigenvalue weighted by molar-refractivity contribution is 5.82. The Morgan fingerprint density at radius 2 is 1.63 bits per heavy atom. The largest absolute Gasteiger partial charge is 0.370 e. The molecule has 0 aromatic heterocycles. The van der Waals surface area contributed by atoms with Crippen molar-refractivity contribution in [2.24, 2.45) is 11.6 Å². The topological polar surface area (TPSA) is 101 Å². The van der Waals surface area contributed by atoms with Crippen LogP contribution in [0.5, 0.6) is 0 Å². The van der Waals surface area contributed by atoms with Gasteiger partial charge in [0.05, 0.1) is 6.04 Å². The van der Waals surface area contributed by atoms with Crippen LogP contribution in [0.15, 0.2) is 0 Å². The number of piperidine rings is 1. The van der Waals surface area contributed by atoms with E-state index in [9.17, 15) is 9.59 Å². The lowest BCUT2D eigenvalue weighted by Gasteiger charge is -2.48. The number of nitrogens with two attached hydrogens (primary N) is 2. The Bertz CT molecular complexity index is 350. The Kier molecular flexibility index (Phi) is 4.58. The van der Waals surface area contributed by atoms with Crippen LogP contribution in [0.2, 0.25) is 0 Å². The first-order valence-corrected chi connectivity index (χ1v) is 6.67. The molecule has 6 heteroatoms. The summed E-state index contributed by atoms with van der Waals surface area (Å²) in [6, 6.07) is -0.0216. The Morgan fingerprint density at radius 1 is 1.16 bits per heavy atom. The van der Waals surface area contributed by atoms with Crippen LogP contribution in [0.3, 0.4) is 0 Å². The number of hydrazine groups is 1. The Hall–Kier alpha value is -1.14. The molecule has 1 rings (SSSR count). The van der Waals surface area contributed by atoms with Gasteiger partial charge in [0.1, 0.15) is 0 Å². The Morgan fingerprint density at radius 3 is 2.05 bits per heavy atom. The molecule has 1 aliphatic heterocycles. The third-order valence-corrected chi connectivity index (χ3v) is 3.44. The third kappa shape index (κ3) is 4.80. The number of amides is 2. The van der Waals surface area contributed by atoms with Gasteiger partial charge in [0.15, 0.2) is 0 Å². The number of nitrogens with one attached hydrogen (secondary N) is 1. The molecule has 0 radical (unpaired) electrons. The van der Waals surface area contributed by atoms with Crippen LogP contribution in [-0.4, -0.2) is 33.9 Å². The van der Waals surface area contributed by atoms with Gasteiger partial charge in [0.25, 0.3) is 0 Å². The Balaban J connectivity index is 2.67. The van der Waals surface area contributed by atoms with E-state index in [2.05, 4.69) is 33.0 Å². The zero-order valence-electron chi connectivity index (χ0n) is 12.3. The molecule has 19 heavy (non-hydrogen) atoms. The van der Waals surface area contributed by atoms with Crippen molar-refractivity contribution in [3.05, 3.63) is 0 Å². The lowest BCUT2D eigenvalue weighted by Crippen LogP contribution is -2.64. The average Bonchev–Trinajstić information content (AvgIpc) is 2.20. The minimum atomic E-state index is -0.479. The minimum Gasteiger partial charge on any atom is -0.370 e. The number of carbonyl (C=O) groups excluding carboxylic acids is 2. The lowest BCUT2D eigenvalue weighted by atomic mass is 9.79. The summed E-state index contributed by atoms with van der Waals surface area (Å²) in [6.45, 7) is 8.40. The van der Waals surface area contributed by atoms with Gasteiger partial charge in [-0.1, -0.05) is 0 Å². The molecule has 1 heterocycles. The van der Waals surface area contributed by atoms with Gasteiger partial charge in [-0.05, 0) is 40.5 Å². The van der Waals surface area contributed by atoms with E-state index < -0.39 is 5.91 Å². The second-order valence-electron chi connectivity index (χ2n) is 6.72. The molecule has 0 aromatic carbocycles. The molecular weight excluding hydrogens is 244 g/mol. The molecule has 0 aromatic rings. The molecule has 0 atom stereocenters. The highest BCUT2D eigenvalue weighted by atomic mass is 16.2. The summed E-state index contributed by atoms with van der Waals surface area (Å²) in [7, 11) is 0. The molecule has 0 bridgehead atoms. The van der Waals surface area contributed by atoms with Crippen LogP contribution in [0.4, 0.5) is 0 Å². The van der Waals surface area contributed by atoms with Crippen LogP contribution in [0, 0.1) is 0 Å². The molecule has 0 aliphatic carbocycles. The summed E-state index contributed by atoms with van der Waals surface area (Å²) >= 11 is 0. The molecule has 1 saturated heterocycles. The van der Waals surface area contributed by atoms with Gasteiger partial charge in [-0.25, -0.2) is 5.84 Å². The number of rotatable bonds is 4. The molecule has 2 amide bonds. The van der Waals surface area contributed by atoms with Crippen molar-refractivity contribution < 1.29 is 9.59 Å². The van der Waals surface area contributed by atoms with Crippen LogP contribution in [-0.2, 0) is 9.59 Å². The molecule has 1 aliphatic rings. The number of carbonyl (C=O) groups is 2. The summed E-state index contributed by atoms with van der Waals surface area (Å²) in [5.41, 5.74) is 4.89. The highest BCUT2D eigenvalue weighted by Crippen LogP contribution is 2.30. The van der Waals surface area contributed by atoms with Crippen LogP contribution in [0.1, 0.15) is 53.4 Å². The van der Waals surface area contributed by atoms with Gasteiger partial charge in [0.2, 0.25) is 11.8 Å². The van der Waals surface area contributed by atoms with Crippen molar-refractivity contribution in [1.82, 2.24) is 10.3 Å². The van der Waals surface area contributed by atoms with Gasteiger partial charge < -0.3 is 11.1 Å². The maximum Gasteiger partial charge on any atom is 0.237 e. The van der Waals surface area contributed by atoms with E-state index in [4.69, 9.17) is 11.6 Å². The zero-order valence-corrected chi connectivity index (χ0v) is 12.3. The van der Waals surface area contributed by atoms with Crippen molar-refractivity contribution in [2.75, 3.05) is 0 Å². The maximum absolute atomic E-state index is 11.9. The number of primary amides is 1. The highest BCUT2D eigenvalue weighted by Gasteiger charge is 2.40. The summed E-state index contributed by atoms with van der Waals surface area (Å²) in [5.74, 6) is 5.22. The molecule has 0 spiro atoms. The summed E-state index contributed by atoms with van der Waals surface area (Å²) in [4.78, 5) is 22.7. The van der Waals surface area contributed by atoms with E-state index in [1.807, 2.05) is 0 Å². The van der Waals surface area contributed by atoms with E-state index in [1.165, 1.54) is 5.01 Å². The van der Waals surface area contributed by atoms with Gasteiger partial charge >= 0.3 is 0 Å². The predicted octanol–water partition coefficient (Wildman–Crippen LogP) is 0.263. The smallest absolute Gasteiger partial charge is 0.237 e. The summed E-state index contributed by atoms with van der Waals surface area (Å²) in [5, 5.41) is 4.82. The molecular formula is C13H26N4O2. The number of hydrogen-bond donors (Lipinski definition) is 3. The van der Waals surface area contributed by atoms with Crippen LogP contribution in [0.25, 0.3) is 0 Å². The molecule has 0 saturated carbocycles. The SMILES string of the molecule is CC1(C)CC(N(N)C(=O)CCC(N)=O)CC(C)(C)N1.